The highest BCUT2D eigenvalue weighted by molar-refractivity contribution is 6.30. The Kier molecular flexibility index (Phi) is 3.77. The normalized spacial score (nSPS) is 15.5. The molecule has 0 bridgehead atoms. The molecule has 6 nitrogen and oxygen atoms in total. The first-order valence-electron chi connectivity index (χ1n) is 7.36. The summed E-state index contributed by atoms with van der Waals surface area (Å²) in [6.07, 6.45) is 3.32. The van der Waals surface area contributed by atoms with E-state index < -0.39 is 0 Å². The van der Waals surface area contributed by atoms with Crippen LogP contribution in [-0.2, 0) is 6.54 Å². The minimum atomic E-state index is 0.263. The van der Waals surface area contributed by atoms with Gasteiger partial charge in [-0.25, -0.2) is 9.97 Å². The molecule has 1 saturated heterocycles. The van der Waals surface area contributed by atoms with Gasteiger partial charge >= 0.3 is 0 Å². The van der Waals surface area contributed by atoms with Crippen molar-refractivity contribution in [3.05, 3.63) is 59.2 Å². The molecule has 116 valence electrons. The standard InChI is InChI=1S/C16H14ClN5O/c17-13-4-1-3-11(7-13)8-22-9-12(10-22)16-20-15(21-23-16)14-18-5-2-6-19-14/h1-7,12H,8-10H2. The molecule has 1 aliphatic rings. The summed E-state index contributed by atoms with van der Waals surface area (Å²) in [6, 6.07) is 9.68. The number of halogens is 1. The van der Waals surface area contributed by atoms with Gasteiger partial charge in [-0.1, -0.05) is 28.9 Å². The molecule has 0 radical (unpaired) electrons. The van der Waals surface area contributed by atoms with Crippen molar-refractivity contribution in [2.45, 2.75) is 12.5 Å². The highest BCUT2D eigenvalue weighted by Gasteiger charge is 2.32. The van der Waals surface area contributed by atoms with Gasteiger partial charge in [-0.05, 0) is 23.8 Å². The van der Waals surface area contributed by atoms with Crippen LogP contribution in [-0.4, -0.2) is 38.1 Å². The number of aromatic nitrogens is 4. The van der Waals surface area contributed by atoms with E-state index in [0.717, 1.165) is 24.7 Å². The van der Waals surface area contributed by atoms with Crippen LogP contribution in [0, 0.1) is 0 Å². The van der Waals surface area contributed by atoms with E-state index in [2.05, 4.69) is 31.1 Å². The summed E-state index contributed by atoms with van der Waals surface area (Å²) in [7, 11) is 0. The van der Waals surface area contributed by atoms with E-state index in [1.54, 1.807) is 18.5 Å². The Morgan fingerprint density at radius 1 is 1.13 bits per heavy atom. The van der Waals surface area contributed by atoms with Gasteiger partial charge in [-0.2, -0.15) is 4.98 Å². The largest absolute Gasteiger partial charge is 0.338 e. The van der Waals surface area contributed by atoms with E-state index in [9.17, 15) is 0 Å². The molecule has 2 aromatic heterocycles. The van der Waals surface area contributed by atoms with E-state index in [1.165, 1.54) is 5.56 Å². The third-order valence-electron chi connectivity index (χ3n) is 3.81. The molecular formula is C16H14ClN5O. The van der Waals surface area contributed by atoms with Crippen molar-refractivity contribution >= 4 is 11.6 Å². The van der Waals surface area contributed by atoms with Crippen molar-refractivity contribution in [3.63, 3.8) is 0 Å². The average molecular weight is 328 g/mol. The quantitative estimate of drug-likeness (QED) is 0.734. The molecule has 7 heteroatoms. The van der Waals surface area contributed by atoms with Crippen LogP contribution in [0.2, 0.25) is 5.02 Å². The minimum Gasteiger partial charge on any atom is -0.338 e. The Bertz CT molecular complexity index is 801. The van der Waals surface area contributed by atoms with Crippen LogP contribution < -0.4 is 0 Å². The summed E-state index contributed by atoms with van der Waals surface area (Å²) in [5.74, 6) is 1.83. The van der Waals surface area contributed by atoms with Gasteiger partial charge in [0.15, 0.2) is 0 Å². The van der Waals surface area contributed by atoms with Gasteiger partial charge in [0.1, 0.15) is 0 Å². The monoisotopic (exact) mass is 327 g/mol. The van der Waals surface area contributed by atoms with Crippen LogP contribution in [0.1, 0.15) is 17.4 Å². The molecule has 0 unspecified atom stereocenters. The van der Waals surface area contributed by atoms with Crippen molar-refractivity contribution in [3.8, 4) is 11.6 Å². The maximum Gasteiger partial charge on any atom is 0.240 e. The second kappa shape index (κ2) is 6.06. The fourth-order valence-electron chi connectivity index (χ4n) is 2.66. The zero-order valence-corrected chi connectivity index (χ0v) is 13.0. The topological polar surface area (TPSA) is 67.9 Å². The number of nitrogens with zero attached hydrogens (tertiary/aromatic N) is 5. The predicted octanol–water partition coefficient (Wildman–Crippen LogP) is 2.78. The molecule has 0 amide bonds. The fourth-order valence-corrected chi connectivity index (χ4v) is 2.87. The zero-order chi connectivity index (χ0) is 15.6. The first kappa shape index (κ1) is 14.3. The summed E-state index contributed by atoms with van der Waals surface area (Å²) in [6.45, 7) is 2.66. The molecule has 0 aliphatic carbocycles. The molecule has 0 atom stereocenters. The molecule has 0 spiro atoms. The summed E-state index contributed by atoms with van der Waals surface area (Å²) >= 11 is 6.01. The Labute approximate surface area is 138 Å². The average Bonchev–Trinajstić information content (AvgIpc) is 3.01. The van der Waals surface area contributed by atoms with Gasteiger partial charge in [-0.15, -0.1) is 0 Å². The Morgan fingerprint density at radius 2 is 1.96 bits per heavy atom. The van der Waals surface area contributed by atoms with E-state index in [4.69, 9.17) is 16.1 Å². The molecule has 3 heterocycles. The molecule has 23 heavy (non-hydrogen) atoms. The maximum absolute atomic E-state index is 6.01. The summed E-state index contributed by atoms with van der Waals surface area (Å²) in [4.78, 5) is 15.0. The van der Waals surface area contributed by atoms with Crippen LogP contribution in [0.15, 0.2) is 47.2 Å². The first-order chi connectivity index (χ1) is 11.3. The molecule has 1 aliphatic heterocycles. The highest BCUT2D eigenvalue weighted by atomic mass is 35.5. The fraction of sp³-hybridized carbons (Fsp3) is 0.250. The third-order valence-corrected chi connectivity index (χ3v) is 4.04. The number of benzene rings is 1. The van der Waals surface area contributed by atoms with Crippen LogP contribution in [0.4, 0.5) is 0 Å². The van der Waals surface area contributed by atoms with E-state index in [0.29, 0.717) is 17.5 Å². The van der Waals surface area contributed by atoms with Crippen molar-refractivity contribution in [1.82, 2.24) is 25.0 Å². The van der Waals surface area contributed by atoms with Crippen molar-refractivity contribution in [2.75, 3.05) is 13.1 Å². The molecule has 1 aromatic carbocycles. The predicted molar refractivity (Wildman–Crippen MR) is 84.8 cm³/mol. The van der Waals surface area contributed by atoms with Gasteiger partial charge in [-0.3, -0.25) is 4.90 Å². The lowest BCUT2D eigenvalue weighted by Crippen LogP contribution is -2.44. The molecular weight excluding hydrogens is 314 g/mol. The summed E-state index contributed by atoms with van der Waals surface area (Å²) in [5, 5.41) is 4.73. The van der Waals surface area contributed by atoms with Crippen LogP contribution in [0.3, 0.4) is 0 Å². The van der Waals surface area contributed by atoms with E-state index >= 15 is 0 Å². The number of likely N-dealkylation sites (tertiary alicyclic amines) is 1. The molecule has 4 rings (SSSR count). The smallest absolute Gasteiger partial charge is 0.240 e. The summed E-state index contributed by atoms with van der Waals surface area (Å²) in [5.41, 5.74) is 1.21. The number of hydrogen-bond acceptors (Lipinski definition) is 6. The number of hydrogen-bond donors (Lipinski definition) is 0. The number of rotatable bonds is 4. The van der Waals surface area contributed by atoms with Gasteiger partial charge in [0, 0.05) is 37.1 Å². The van der Waals surface area contributed by atoms with Crippen molar-refractivity contribution < 1.29 is 4.52 Å². The Morgan fingerprint density at radius 3 is 2.74 bits per heavy atom. The lowest BCUT2D eigenvalue weighted by molar-refractivity contribution is 0.117. The van der Waals surface area contributed by atoms with Gasteiger partial charge in [0.05, 0.1) is 5.92 Å². The molecule has 0 N–H and O–H groups in total. The van der Waals surface area contributed by atoms with Gasteiger partial charge in [0.2, 0.25) is 17.5 Å². The maximum atomic E-state index is 6.01. The molecule has 3 aromatic rings. The lowest BCUT2D eigenvalue weighted by atomic mass is 9.99. The second-order valence-electron chi connectivity index (χ2n) is 5.55. The second-order valence-corrected chi connectivity index (χ2v) is 5.99. The summed E-state index contributed by atoms with van der Waals surface area (Å²) < 4.78 is 5.35. The molecule has 1 fully saturated rings. The van der Waals surface area contributed by atoms with Gasteiger partial charge < -0.3 is 4.52 Å². The zero-order valence-electron chi connectivity index (χ0n) is 12.3. The Balaban J connectivity index is 1.38. The van der Waals surface area contributed by atoms with Crippen LogP contribution >= 0.6 is 11.6 Å². The van der Waals surface area contributed by atoms with Crippen LogP contribution in [0.5, 0.6) is 0 Å². The molecule has 0 saturated carbocycles. The van der Waals surface area contributed by atoms with E-state index in [1.807, 2.05) is 18.2 Å². The highest BCUT2D eigenvalue weighted by Crippen LogP contribution is 2.28. The van der Waals surface area contributed by atoms with Gasteiger partial charge in [0.25, 0.3) is 0 Å². The SMILES string of the molecule is Clc1cccc(CN2CC(c3nc(-c4ncccn4)no3)C2)c1. The first-order valence-corrected chi connectivity index (χ1v) is 7.73. The van der Waals surface area contributed by atoms with Crippen molar-refractivity contribution in [2.24, 2.45) is 0 Å². The van der Waals surface area contributed by atoms with E-state index in [-0.39, 0.29) is 5.92 Å². The minimum absolute atomic E-state index is 0.263. The Hall–Kier alpha value is -2.31. The van der Waals surface area contributed by atoms with Crippen molar-refractivity contribution in [1.29, 1.82) is 0 Å². The lowest BCUT2D eigenvalue weighted by Gasteiger charge is -2.37. The third kappa shape index (κ3) is 3.09. The van der Waals surface area contributed by atoms with Crippen LogP contribution in [0.25, 0.3) is 11.6 Å².